The quantitative estimate of drug-likeness (QED) is 0.332. The molecule has 0 aromatic carbocycles. The van der Waals surface area contributed by atoms with E-state index in [9.17, 15) is 0 Å². The molecule has 0 bridgehead atoms. The molecule has 3 rings (SSSR count). The highest BCUT2D eigenvalue weighted by Gasteiger charge is 2.31. The van der Waals surface area contributed by atoms with Gasteiger partial charge in [0.2, 0.25) is 0 Å². The minimum absolute atomic E-state index is 0.830. The third kappa shape index (κ3) is 7.13. The van der Waals surface area contributed by atoms with Crippen molar-refractivity contribution in [2.45, 2.75) is 117 Å². The van der Waals surface area contributed by atoms with E-state index in [-0.39, 0.29) is 0 Å². The van der Waals surface area contributed by atoms with Crippen LogP contribution in [0, 0.1) is 35.5 Å². The van der Waals surface area contributed by atoms with E-state index in [2.05, 4.69) is 38.2 Å². The van der Waals surface area contributed by atoms with Crippen LogP contribution in [-0.2, 0) is 0 Å². The van der Waals surface area contributed by atoms with Gasteiger partial charge in [-0.1, -0.05) is 69.6 Å². The summed E-state index contributed by atoms with van der Waals surface area (Å²) in [4.78, 5) is 0. The Morgan fingerprint density at radius 2 is 1.40 bits per heavy atom. The van der Waals surface area contributed by atoms with Crippen molar-refractivity contribution in [1.29, 1.82) is 0 Å². The smallest absolute Gasteiger partial charge is 0.0175 e. The monoisotopic (exact) mass is 410 g/mol. The zero-order chi connectivity index (χ0) is 21.2. The lowest BCUT2D eigenvalue weighted by atomic mass is 9.67. The molecule has 0 aliphatic heterocycles. The van der Waals surface area contributed by atoms with Gasteiger partial charge >= 0.3 is 0 Å². The van der Waals surface area contributed by atoms with Gasteiger partial charge in [0.05, 0.1) is 0 Å². The molecule has 0 saturated heterocycles. The number of rotatable bonds is 9. The third-order valence-electron chi connectivity index (χ3n) is 8.91. The Morgan fingerprint density at radius 3 is 2.03 bits per heavy atom. The van der Waals surface area contributed by atoms with E-state index < -0.39 is 0 Å². The predicted octanol–water partition coefficient (Wildman–Crippen LogP) is 9.67. The largest absolute Gasteiger partial charge is 0.0993 e. The van der Waals surface area contributed by atoms with E-state index in [0.717, 1.165) is 35.5 Å². The van der Waals surface area contributed by atoms with Crippen molar-refractivity contribution in [3.05, 3.63) is 36.5 Å². The molecular weight excluding hydrogens is 360 g/mol. The fourth-order valence-electron chi connectivity index (χ4n) is 6.74. The summed E-state index contributed by atoms with van der Waals surface area (Å²) >= 11 is 0. The van der Waals surface area contributed by atoms with Crippen LogP contribution in [-0.4, -0.2) is 0 Å². The van der Waals surface area contributed by atoms with Gasteiger partial charge in [0, 0.05) is 0 Å². The molecule has 0 spiro atoms. The van der Waals surface area contributed by atoms with Gasteiger partial charge in [-0.3, -0.25) is 0 Å². The zero-order valence-corrected chi connectivity index (χ0v) is 20.3. The van der Waals surface area contributed by atoms with Gasteiger partial charge < -0.3 is 0 Å². The molecule has 0 amide bonds. The lowest BCUT2D eigenvalue weighted by Crippen LogP contribution is -2.26. The first-order valence-corrected chi connectivity index (χ1v) is 13.7. The van der Waals surface area contributed by atoms with Crippen LogP contribution < -0.4 is 0 Å². The van der Waals surface area contributed by atoms with Crippen molar-refractivity contribution >= 4 is 0 Å². The Bertz CT molecular complexity index is 536. The summed E-state index contributed by atoms with van der Waals surface area (Å²) in [7, 11) is 0. The second-order valence-corrected chi connectivity index (χ2v) is 10.9. The maximum absolute atomic E-state index is 4.71. The summed E-state index contributed by atoms with van der Waals surface area (Å²) in [5, 5.41) is 0. The van der Waals surface area contributed by atoms with Crippen LogP contribution in [0.15, 0.2) is 36.5 Å². The van der Waals surface area contributed by atoms with Crippen LogP contribution in [0.5, 0.6) is 0 Å². The van der Waals surface area contributed by atoms with Gasteiger partial charge in [-0.15, -0.1) is 0 Å². The number of hydrogen-bond acceptors (Lipinski definition) is 0. The first-order chi connectivity index (χ1) is 14.7. The standard InChI is InChI=1S/C30H50/c1-4-6-11-26-16-18-27(19-17-26)12-7-8-13-29-14-9-10-15-30(29)24(3)28-22-20-25(5-2)21-23-28/h6-7,11-12,25-30H,3-5,8-10,13-23H2,1-2H3/b11-6+,12-7+. The molecule has 3 aliphatic rings. The lowest BCUT2D eigenvalue weighted by molar-refractivity contribution is 0.217. The molecule has 2 unspecified atom stereocenters. The zero-order valence-electron chi connectivity index (χ0n) is 20.3. The second kappa shape index (κ2) is 12.9. The third-order valence-corrected chi connectivity index (χ3v) is 8.91. The van der Waals surface area contributed by atoms with Gasteiger partial charge in [0.15, 0.2) is 0 Å². The van der Waals surface area contributed by atoms with Crippen LogP contribution in [0.4, 0.5) is 0 Å². The highest BCUT2D eigenvalue weighted by molar-refractivity contribution is 5.10. The van der Waals surface area contributed by atoms with E-state index in [1.54, 1.807) is 5.57 Å². The Morgan fingerprint density at radius 1 is 0.767 bits per heavy atom. The van der Waals surface area contributed by atoms with E-state index >= 15 is 0 Å². The van der Waals surface area contributed by atoms with Crippen LogP contribution >= 0.6 is 0 Å². The summed E-state index contributed by atoms with van der Waals surface area (Å²) in [6.45, 7) is 9.33. The molecule has 3 saturated carbocycles. The van der Waals surface area contributed by atoms with Gasteiger partial charge in [0.25, 0.3) is 0 Å². The molecule has 3 fully saturated rings. The predicted molar refractivity (Wildman–Crippen MR) is 134 cm³/mol. The van der Waals surface area contributed by atoms with Crippen molar-refractivity contribution < 1.29 is 0 Å². The van der Waals surface area contributed by atoms with E-state index in [1.165, 1.54) is 103 Å². The summed E-state index contributed by atoms with van der Waals surface area (Å²) in [5.74, 6) is 5.29. The first kappa shape index (κ1) is 23.9. The molecule has 0 N–H and O–H groups in total. The first-order valence-electron chi connectivity index (χ1n) is 13.7. The minimum atomic E-state index is 0.830. The average molecular weight is 411 g/mol. The molecule has 0 heterocycles. The van der Waals surface area contributed by atoms with Gasteiger partial charge in [-0.2, -0.15) is 0 Å². The van der Waals surface area contributed by atoms with Crippen LogP contribution in [0.25, 0.3) is 0 Å². The van der Waals surface area contributed by atoms with Crippen molar-refractivity contribution in [1.82, 2.24) is 0 Å². The van der Waals surface area contributed by atoms with E-state index in [1.807, 2.05) is 0 Å². The SMILES string of the molecule is C=C(C1CCC(CC)CC1)C1CCCCC1CC/C=C/C1CCC(/C=C/CC)CC1. The summed E-state index contributed by atoms with van der Waals surface area (Å²) in [5.41, 5.74) is 1.66. The summed E-state index contributed by atoms with van der Waals surface area (Å²) < 4.78 is 0. The van der Waals surface area contributed by atoms with Crippen molar-refractivity contribution in [3.8, 4) is 0 Å². The van der Waals surface area contributed by atoms with Crippen molar-refractivity contribution in [3.63, 3.8) is 0 Å². The molecule has 2 atom stereocenters. The molecule has 0 aromatic heterocycles. The van der Waals surface area contributed by atoms with Crippen molar-refractivity contribution in [2.24, 2.45) is 35.5 Å². The normalized spacial score (nSPS) is 35.8. The Labute approximate surface area is 188 Å². The topological polar surface area (TPSA) is 0 Å². The lowest BCUT2D eigenvalue weighted by Gasteiger charge is -2.38. The van der Waals surface area contributed by atoms with E-state index in [0.29, 0.717) is 0 Å². The van der Waals surface area contributed by atoms with Gasteiger partial charge in [-0.05, 0) is 119 Å². The van der Waals surface area contributed by atoms with Gasteiger partial charge in [0.1, 0.15) is 0 Å². The minimum Gasteiger partial charge on any atom is -0.0993 e. The van der Waals surface area contributed by atoms with Crippen LogP contribution in [0.1, 0.15) is 117 Å². The van der Waals surface area contributed by atoms with E-state index in [4.69, 9.17) is 6.58 Å². The summed E-state index contributed by atoms with van der Waals surface area (Å²) in [6, 6.07) is 0. The molecule has 0 nitrogen and oxygen atoms in total. The fraction of sp³-hybridized carbons (Fsp3) is 0.800. The highest BCUT2D eigenvalue weighted by atomic mass is 14.4. The summed E-state index contributed by atoms with van der Waals surface area (Å²) in [6.07, 6.45) is 32.4. The number of allylic oxidation sites excluding steroid dienone is 5. The Balaban J connectivity index is 1.41. The molecule has 0 radical (unpaired) electrons. The molecular formula is C30H50. The molecule has 170 valence electrons. The Hall–Kier alpha value is -0.780. The average Bonchev–Trinajstić information content (AvgIpc) is 2.81. The number of hydrogen-bond donors (Lipinski definition) is 0. The Kier molecular flexibility index (Phi) is 10.3. The molecule has 0 heteroatoms. The van der Waals surface area contributed by atoms with Crippen molar-refractivity contribution in [2.75, 3.05) is 0 Å². The molecule has 0 aromatic rings. The van der Waals surface area contributed by atoms with Gasteiger partial charge in [-0.25, -0.2) is 0 Å². The fourth-order valence-corrected chi connectivity index (χ4v) is 6.74. The second-order valence-electron chi connectivity index (χ2n) is 10.9. The molecule has 3 aliphatic carbocycles. The maximum atomic E-state index is 4.71. The highest BCUT2D eigenvalue weighted by Crippen LogP contribution is 2.44. The van der Waals surface area contributed by atoms with Crippen LogP contribution in [0.2, 0.25) is 0 Å². The van der Waals surface area contributed by atoms with Crippen LogP contribution in [0.3, 0.4) is 0 Å². The molecule has 30 heavy (non-hydrogen) atoms. The maximum Gasteiger partial charge on any atom is -0.0175 e.